The van der Waals surface area contributed by atoms with Crippen molar-refractivity contribution in [3.05, 3.63) is 56.7 Å². The molecule has 0 unspecified atom stereocenters. The van der Waals surface area contributed by atoms with Gasteiger partial charge in [-0.15, -0.1) is 18.9 Å². The van der Waals surface area contributed by atoms with Gasteiger partial charge in [-0.05, 0) is 13.2 Å². The predicted octanol–water partition coefficient (Wildman–Crippen LogP) is 3.51. The molecule has 56 valence electrons. The fourth-order valence-corrected chi connectivity index (χ4v) is 0. The van der Waals surface area contributed by atoms with E-state index in [1.54, 1.807) is 0 Å². The number of hydrogen-bond acceptors (Lipinski definition) is 0. The lowest BCUT2D eigenvalue weighted by Crippen LogP contribution is -0.988. The molecule has 0 rings (SSSR count). The summed E-state index contributed by atoms with van der Waals surface area (Å²) in [4.78, 5) is 0. The smallest absolute Gasteiger partial charge is 0.0481 e. The monoisotopic (exact) mass is 136 g/mol. The summed E-state index contributed by atoms with van der Waals surface area (Å²) in [7, 11) is 0. The summed E-state index contributed by atoms with van der Waals surface area (Å²) in [5, 5.41) is 0. The van der Waals surface area contributed by atoms with E-state index in [-0.39, 0.29) is 7.43 Å². The first kappa shape index (κ1) is 23.5. The Hall–Kier alpha value is -1.44. The topological polar surface area (TPSA) is 0 Å². The molecule has 0 aromatic carbocycles. The van der Waals surface area contributed by atoms with E-state index in [4.69, 9.17) is 0 Å². The van der Waals surface area contributed by atoms with Crippen LogP contribution in [0.25, 0.3) is 0 Å². The quantitative estimate of drug-likeness (QED) is 0.353. The Morgan fingerprint density at radius 2 is 0.800 bits per heavy atom. The van der Waals surface area contributed by atoms with Gasteiger partial charge in [0.15, 0.2) is 0 Å². The molecule has 0 N–H and O–H groups in total. The van der Waals surface area contributed by atoms with E-state index in [1.165, 1.54) is 0 Å². The minimum absolute atomic E-state index is 0. The van der Waals surface area contributed by atoms with E-state index in [1.807, 2.05) is 0 Å². The van der Waals surface area contributed by atoms with Gasteiger partial charge in [0.05, 0.1) is 0 Å². The summed E-state index contributed by atoms with van der Waals surface area (Å²) in [5.41, 5.74) is 6.89. The summed E-state index contributed by atoms with van der Waals surface area (Å²) in [6.07, 6.45) is 0. The molecule has 0 amide bonds. The first-order chi connectivity index (χ1) is 4.33. The lowest BCUT2D eigenvalue weighted by atomic mass is 10.9. The van der Waals surface area contributed by atoms with Gasteiger partial charge < -0.3 is 0 Å². The Morgan fingerprint density at radius 1 is 0.700 bits per heavy atom. The van der Waals surface area contributed by atoms with Crippen LogP contribution in [0.5, 0.6) is 0 Å². The molecule has 0 spiro atoms. The molecule has 0 heterocycles. The normalized spacial score (nSPS) is 2.40. The van der Waals surface area contributed by atoms with E-state index in [2.05, 4.69) is 56.7 Å². The van der Waals surface area contributed by atoms with Crippen LogP contribution in [0.1, 0.15) is 7.43 Å². The standard InChI is InChI=1S/C4H4.C3H4.C2H4.CH4/c1-3-4-2;1-3-2;1-2;/h1-2H2;1-2H2;1-2H2;1H4. The maximum atomic E-state index is 3.18. The first-order valence-electron chi connectivity index (χ1n) is 2.16. The van der Waals surface area contributed by atoms with Crippen molar-refractivity contribution >= 4 is 0 Å². The summed E-state index contributed by atoms with van der Waals surface area (Å²) >= 11 is 0. The molecule has 0 saturated carbocycles. The van der Waals surface area contributed by atoms with Gasteiger partial charge in [-0.25, -0.2) is 0 Å². The highest BCUT2D eigenvalue weighted by atomic mass is 13.2. The third kappa shape index (κ3) is 1050. The lowest BCUT2D eigenvalue weighted by molar-refractivity contribution is 2.37. The van der Waals surface area contributed by atoms with Crippen LogP contribution >= 0.6 is 0 Å². The SMILES string of the molecule is C.C=C.C=C=C.C=C=C=C. The number of hydrogen-bond donors (Lipinski definition) is 0. The molecule has 0 aliphatic carbocycles. The molecular formula is C10H16. The Labute approximate surface area is 64.9 Å². The zero-order valence-corrected chi connectivity index (χ0v) is 5.74. The second kappa shape index (κ2) is 134. The van der Waals surface area contributed by atoms with Crippen LogP contribution in [0.15, 0.2) is 56.7 Å². The van der Waals surface area contributed by atoms with Crippen molar-refractivity contribution in [1.29, 1.82) is 0 Å². The third-order valence-electron chi connectivity index (χ3n) is 0.125. The van der Waals surface area contributed by atoms with E-state index < -0.39 is 0 Å². The fraction of sp³-hybridized carbons (Fsp3) is 0.100. The first-order valence-corrected chi connectivity index (χ1v) is 2.16. The van der Waals surface area contributed by atoms with E-state index in [9.17, 15) is 0 Å². The van der Waals surface area contributed by atoms with Crippen LogP contribution in [-0.4, -0.2) is 0 Å². The van der Waals surface area contributed by atoms with Crippen molar-refractivity contribution < 1.29 is 0 Å². The van der Waals surface area contributed by atoms with Crippen LogP contribution in [-0.2, 0) is 0 Å². The van der Waals surface area contributed by atoms with Gasteiger partial charge >= 0.3 is 0 Å². The molecule has 0 heteroatoms. The van der Waals surface area contributed by atoms with Crippen LogP contribution in [0.4, 0.5) is 0 Å². The summed E-state index contributed by atoms with van der Waals surface area (Å²) in [5.74, 6) is 0. The molecule has 0 aliphatic heterocycles. The third-order valence-corrected chi connectivity index (χ3v) is 0.125. The molecule has 0 aliphatic rings. The van der Waals surface area contributed by atoms with Crippen molar-refractivity contribution in [2.75, 3.05) is 0 Å². The maximum Gasteiger partial charge on any atom is -0.0481 e. The molecule has 0 fully saturated rings. The molecule has 0 saturated heterocycles. The highest BCUT2D eigenvalue weighted by molar-refractivity contribution is 4.66. The zero-order valence-electron chi connectivity index (χ0n) is 5.74. The molecule has 10 heavy (non-hydrogen) atoms. The van der Waals surface area contributed by atoms with E-state index in [0.717, 1.165) is 0 Å². The van der Waals surface area contributed by atoms with E-state index >= 15 is 0 Å². The molecular weight excluding hydrogens is 120 g/mol. The molecule has 0 nitrogen and oxygen atoms in total. The Bertz CT molecular complexity index is 114. The van der Waals surface area contributed by atoms with Gasteiger partial charge in [0, 0.05) is 0 Å². The minimum atomic E-state index is 0. The second-order valence-corrected chi connectivity index (χ2v) is 0.604. The van der Waals surface area contributed by atoms with Gasteiger partial charge in [-0.2, -0.15) is 0 Å². The van der Waals surface area contributed by atoms with Gasteiger partial charge in [0.1, 0.15) is 0 Å². The largest absolute Gasteiger partial charge is 0.137 e. The maximum absolute atomic E-state index is 3.18. The number of rotatable bonds is 0. The van der Waals surface area contributed by atoms with Crippen molar-refractivity contribution in [3.63, 3.8) is 0 Å². The van der Waals surface area contributed by atoms with Gasteiger partial charge in [-0.1, -0.05) is 32.0 Å². The highest BCUT2D eigenvalue weighted by Crippen LogP contribution is 1.30. The van der Waals surface area contributed by atoms with Crippen LogP contribution in [0, 0.1) is 0 Å². The molecule has 0 bridgehead atoms. The van der Waals surface area contributed by atoms with E-state index in [0.29, 0.717) is 0 Å². The van der Waals surface area contributed by atoms with Gasteiger partial charge in [0.2, 0.25) is 0 Å². The Balaban J connectivity index is -0.0000000273. The summed E-state index contributed by atoms with van der Waals surface area (Å²) in [6.45, 7) is 18.6. The molecule has 0 aromatic heterocycles. The lowest BCUT2D eigenvalue weighted by Gasteiger charge is -1.21. The predicted molar refractivity (Wildman–Crippen MR) is 51.0 cm³/mol. The highest BCUT2D eigenvalue weighted by Gasteiger charge is 1.08. The van der Waals surface area contributed by atoms with Gasteiger partial charge in [0.25, 0.3) is 0 Å². The van der Waals surface area contributed by atoms with Crippen LogP contribution < -0.4 is 0 Å². The summed E-state index contributed by atoms with van der Waals surface area (Å²) in [6, 6.07) is 0. The average molecular weight is 136 g/mol. The zero-order chi connectivity index (χ0) is 8.12. The Morgan fingerprint density at radius 3 is 0.800 bits per heavy atom. The van der Waals surface area contributed by atoms with Crippen LogP contribution in [0.3, 0.4) is 0 Å². The van der Waals surface area contributed by atoms with Crippen molar-refractivity contribution in [3.8, 4) is 0 Å². The summed E-state index contributed by atoms with van der Waals surface area (Å²) < 4.78 is 0. The minimum Gasteiger partial charge on any atom is -0.137 e. The van der Waals surface area contributed by atoms with Crippen LogP contribution in [0.2, 0.25) is 0 Å². The fourth-order valence-electron chi connectivity index (χ4n) is 0. The molecule has 0 atom stereocenters. The van der Waals surface area contributed by atoms with Gasteiger partial charge in [-0.3, -0.25) is 0 Å². The molecule has 0 aromatic rings. The van der Waals surface area contributed by atoms with Crippen molar-refractivity contribution in [2.24, 2.45) is 0 Å². The van der Waals surface area contributed by atoms with Crippen molar-refractivity contribution in [2.45, 2.75) is 7.43 Å². The average Bonchev–Trinajstić information content (AvgIpc) is 1.94. The second-order valence-electron chi connectivity index (χ2n) is 0.604. The van der Waals surface area contributed by atoms with Crippen molar-refractivity contribution in [1.82, 2.24) is 0 Å². The Kier molecular flexibility index (Phi) is 315. The molecule has 0 radical (unpaired) electrons.